The number of fused-ring (bicyclic) bond motifs is 1. The van der Waals surface area contributed by atoms with E-state index in [4.69, 9.17) is 14.6 Å². The minimum absolute atomic E-state index is 0.0196. The maximum absolute atomic E-state index is 15.3. The summed E-state index contributed by atoms with van der Waals surface area (Å²) >= 11 is 0. The summed E-state index contributed by atoms with van der Waals surface area (Å²) in [6.07, 6.45) is -2.32. The first-order valence-corrected chi connectivity index (χ1v) is 10.9. The second kappa shape index (κ2) is 8.85. The van der Waals surface area contributed by atoms with Crippen LogP contribution in [0.5, 0.6) is 6.01 Å². The van der Waals surface area contributed by atoms with E-state index in [1.165, 1.54) is 0 Å². The standard InChI is InChI=1S/C23H24F3N3O4/c24-13-5-6-29(9-13)14-3-1-12(2-4-14)20-16(25)8-17-22(21(20)26)28-23(27-17)33-15-7-18(31)19(10-30)32-11-15/h1-4,8,13,15,18-19,30-31H,5-7,9-11H2,(H,27,28)/t13-,15-,18+,19-/m1/s1. The number of anilines is 1. The SMILES string of the molecule is OC[C@H]1OC[C@H](Oc2nc3c(F)c(-c4ccc(N5CC[C@@H](F)C5)cc4)c(F)cc3[nH]2)C[C@@H]1O. The van der Waals surface area contributed by atoms with Gasteiger partial charge < -0.3 is 29.6 Å². The predicted molar refractivity (Wildman–Crippen MR) is 115 cm³/mol. The van der Waals surface area contributed by atoms with Crippen LogP contribution in [0.15, 0.2) is 30.3 Å². The number of aliphatic hydroxyl groups is 2. The lowest BCUT2D eigenvalue weighted by molar-refractivity contribution is -0.131. The molecule has 10 heteroatoms. The van der Waals surface area contributed by atoms with Crippen LogP contribution in [0.4, 0.5) is 18.9 Å². The van der Waals surface area contributed by atoms with Gasteiger partial charge in [-0.1, -0.05) is 12.1 Å². The second-order valence-electron chi connectivity index (χ2n) is 8.46. The van der Waals surface area contributed by atoms with Crippen molar-refractivity contribution < 1.29 is 32.9 Å². The van der Waals surface area contributed by atoms with E-state index in [-0.39, 0.29) is 42.2 Å². The maximum atomic E-state index is 15.3. The highest BCUT2D eigenvalue weighted by molar-refractivity contribution is 5.84. The van der Waals surface area contributed by atoms with Gasteiger partial charge in [0.25, 0.3) is 6.01 Å². The Morgan fingerprint density at radius 1 is 1.24 bits per heavy atom. The fourth-order valence-corrected chi connectivity index (χ4v) is 4.42. The Bertz CT molecular complexity index is 1140. The van der Waals surface area contributed by atoms with Crippen LogP contribution in [-0.4, -0.2) is 71.0 Å². The first kappa shape index (κ1) is 22.0. The van der Waals surface area contributed by atoms with Crippen molar-refractivity contribution in [3.8, 4) is 17.1 Å². The minimum Gasteiger partial charge on any atom is -0.459 e. The van der Waals surface area contributed by atoms with Gasteiger partial charge in [0.05, 0.1) is 30.4 Å². The highest BCUT2D eigenvalue weighted by Crippen LogP contribution is 2.34. The molecule has 2 aliphatic rings. The molecule has 0 aliphatic carbocycles. The van der Waals surface area contributed by atoms with Gasteiger partial charge in [0.15, 0.2) is 5.82 Å². The molecule has 2 fully saturated rings. The lowest BCUT2D eigenvalue weighted by Gasteiger charge is -2.31. The van der Waals surface area contributed by atoms with Crippen LogP contribution in [0.2, 0.25) is 0 Å². The van der Waals surface area contributed by atoms with Crippen molar-refractivity contribution in [2.24, 2.45) is 0 Å². The molecule has 2 aromatic carbocycles. The van der Waals surface area contributed by atoms with Gasteiger partial charge in [-0.05, 0) is 24.1 Å². The van der Waals surface area contributed by atoms with Crippen molar-refractivity contribution in [2.45, 2.75) is 37.3 Å². The third kappa shape index (κ3) is 4.25. The van der Waals surface area contributed by atoms with E-state index >= 15 is 4.39 Å². The summed E-state index contributed by atoms with van der Waals surface area (Å²) in [6.45, 7) is 0.734. The summed E-state index contributed by atoms with van der Waals surface area (Å²) < 4.78 is 54.6. The van der Waals surface area contributed by atoms with E-state index in [2.05, 4.69) is 9.97 Å². The summed E-state index contributed by atoms with van der Waals surface area (Å²) in [7, 11) is 0. The van der Waals surface area contributed by atoms with Crippen molar-refractivity contribution in [1.82, 2.24) is 9.97 Å². The van der Waals surface area contributed by atoms with Crippen LogP contribution in [0.1, 0.15) is 12.8 Å². The quantitative estimate of drug-likeness (QED) is 0.539. The van der Waals surface area contributed by atoms with Gasteiger partial charge in [-0.3, -0.25) is 0 Å². The van der Waals surface area contributed by atoms with Crippen LogP contribution in [0.3, 0.4) is 0 Å². The van der Waals surface area contributed by atoms with E-state index in [9.17, 15) is 13.9 Å². The van der Waals surface area contributed by atoms with Crippen LogP contribution >= 0.6 is 0 Å². The number of halogens is 3. The van der Waals surface area contributed by atoms with E-state index in [0.717, 1.165) is 11.8 Å². The Labute approximate surface area is 187 Å². The maximum Gasteiger partial charge on any atom is 0.295 e. The number of aromatic amines is 1. The Kier molecular flexibility index (Phi) is 5.90. The normalized spacial score (nSPS) is 25.7. The molecular formula is C23H24F3N3O4. The van der Waals surface area contributed by atoms with Crippen molar-refractivity contribution in [3.63, 3.8) is 0 Å². The highest BCUT2D eigenvalue weighted by atomic mass is 19.1. The molecule has 0 radical (unpaired) electrons. The molecule has 0 saturated carbocycles. The van der Waals surface area contributed by atoms with E-state index < -0.39 is 36.1 Å². The highest BCUT2D eigenvalue weighted by Gasteiger charge is 2.31. The van der Waals surface area contributed by atoms with Crippen LogP contribution in [0, 0.1) is 11.6 Å². The number of hydrogen-bond donors (Lipinski definition) is 3. The molecule has 0 bridgehead atoms. The summed E-state index contributed by atoms with van der Waals surface area (Å²) in [6, 6.07) is 7.80. The third-order valence-corrected chi connectivity index (χ3v) is 6.19. The smallest absolute Gasteiger partial charge is 0.295 e. The molecule has 176 valence electrons. The molecule has 0 unspecified atom stereocenters. The first-order chi connectivity index (χ1) is 15.9. The molecule has 5 rings (SSSR count). The van der Waals surface area contributed by atoms with Crippen molar-refractivity contribution in [2.75, 3.05) is 31.2 Å². The van der Waals surface area contributed by atoms with E-state index in [1.807, 2.05) is 4.90 Å². The molecule has 2 saturated heterocycles. The number of imidazole rings is 1. The first-order valence-electron chi connectivity index (χ1n) is 10.9. The Morgan fingerprint density at radius 3 is 2.70 bits per heavy atom. The van der Waals surface area contributed by atoms with Gasteiger partial charge in [-0.2, -0.15) is 4.98 Å². The van der Waals surface area contributed by atoms with Crippen molar-refractivity contribution in [1.29, 1.82) is 0 Å². The largest absolute Gasteiger partial charge is 0.459 e. The molecule has 2 aliphatic heterocycles. The molecule has 33 heavy (non-hydrogen) atoms. The monoisotopic (exact) mass is 463 g/mol. The van der Waals surface area contributed by atoms with Crippen molar-refractivity contribution >= 4 is 16.7 Å². The van der Waals surface area contributed by atoms with Crippen LogP contribution < -0.4 is 9.64 Å². The Balaban J connectivity index is 1.38. The molecule has 0 spiro atoms. The minimum atomic E-state index is -0.904. The van der Waals surface area contributed by atoms with Crippen LogP contribution in [0.25, 0.3) is 22.2 Å². The number of benzene rings is 2. The summed E-state index contributed by atoms with van der Waals surface area (Å²) in [4.78, 5) is 8.78. The Morgan fingerprint density at radius 2 is 2.03 bits per heavy atom. The number of nitrogens with one attached hydrogen (secondary N) is 1. The zero-order valence-corrected chi connectivity index (χ0v) is 17.7. The fourth-order valence-electron chi connectivity index (χ4n) is 4.42. The predicted octanol–water partition coefficient (Wildman–Crippen LogP) is 2.95. The van der Waals surface area contributed by atoms with Gasteiger partial charge >= 0.3 is 0 Å². The molecule has 3 N–H and O–H groups in total. The fraction of sp³-hybridized carbons (Fsp3) is 0.435. The lowest BCUT2D eigenvalue weighted by Crippen LogP contribution is -2.45. The number of aliphatic hydroxyl groups excluding tert-OH is 2. The van der Waals surface area contributed by atoms with Gasteiger partial charge in [0, 0.05) is 31.3 Å². The number of hydrogen-bond acceptors (Lipinski definition) is 6. The lowest BCUT2D eigenvalue weighted by atomic mass is 10.0. The third-order valence-electron chi connectivity index (χ3n) is 6.19. The van der Waals surface area contributed by atoms with Crippen LogP contribution in [-0.2, 0) is 4.74 Å². The molecule has 7 nitrogen and oxygen atoms in total. The summed E-state index contributed by atoms with van der Waals surface area (Å²) in [5, 5.41) is 19.1. The topological polar surface area (TPSA) is 90.8 Å². The molecule has 3 aromatic rings. The number of alkyl halides is 1. The van der Waals surface area contributed by atoms with Crippen molar-refractivity contribution in [3.05, 3.63) is 42.0 Å². The summed E-state index contributed by atoms with van der Waals surface area (Å²) in [5.41, 5.74) is 0.999. The van der Waals surface area contributed by atoms with Gasteiger partial charge in [0.1, 0.15) is 29.7 Å². The van der Waals surface area contributed by atoms with Gasteiger partial charge in [-0.15, -0.1) is 0 Å². The molecule has 0 amide bonds. The zero-order chi connectivity index (χ0) is 23.1. The number of ether oxygens (including phenoxy) is 2. The Hall–Kier alpha value is -2.82. The zero-order valence-electron chi connectivity index (χ0n) is 17.7. The average molecular weight is 463 g/mol. The number of rotatable bonds is 5. The molecule has 3 heterocycles. The van der Waals surface area contributed by atoms with E-state index in [1.54, 1.807) is 24.3 Å². The summed E-state index contributed by atoms with van der Waals surface area (Å²) in [5.74, 6) is -1.58. The number of nitrogens with zero attached hydrogens (tertiary/aromatic N) is 2. The van der Waals surface area contributed by atoms with Gasteiger partial charge in [-0.25, -0.2) is 13.2 Å². The average Bonchev–Trinajstić information content (AvgIpc) is 3.40. The van der Waals surface area contributed by atoms with E-state index in [0.29, 0.717) is 25.1 Å². The molecule has 4 atom stereocenters. The molecule has 1 aromatic heterocycles. The number of aromatic nitrogens is 2. The molecular weight excluding hydrogens is 439 g/mol. The van der Waals surface area contributed by atoms with Gasteiger partial charge in [0.2, 0.25) is 0 Å². The second-order valence-corrected chi connectivity index (χ2v) is 8.46. The number of H-pyrrole nitrogens is 1.